The number of nitrogens with zero attached hydrogens (tertiary/aromatic N) is 1. The standard InChI is InChI=1S/C24H28ClN3O4/c1-13-2-4-14(5-3-13)20(24(31)28-11-17(25)22-21(28)19(29)12-32-22)27-23(30)16-6-7-18-15(10-16)8-9-26-18/h6-10,13-14,17,20-22,26H,2-5,11-12H2,1H3,(H,27,30)/t13?,14?,17-,20?,21+,22+/m0/s1. The second-order valence-electron chi connectivity index (χ2n) is 9.44. The molecule has 2 N–H and O–H groups in total. The van der Waals surface area contributed by atoms with Gasteiger partial charge >= 0.3 is 0 Å². The molecular weight excluding hydrogens is 430 g/mol. The number of halogens is 1. The Balaban J connectivity index is 1.40. The zero-order chi connectivity index (χ0) is 22.4. The van der Waals surface area contributed by atoms with E-state index < -0.39 is 23.6 Å². The van der Waals surface area contributed by atoms with Gasteiger partial charge in [-0.05, 0) is 48.9 Å². The second-order valence-corrected chi connectivity index (χ2v) is 10.0. The molecule has 1 saturated carbocycles. The van der Waals surface area contributed by atoms with Gasteiger partial charge in [-0.15, -0.1) is 11.6 Å². The summed E-state index contributed by atoms with van der Waals surface area (Å²) in [7, 11) is 0. The number of rotatable bonds is 4. The molecule has 1 unspecified atom stereocenters. The maximum atomic E-state index is 13.7. The molecule has 7 nitrogen and oxygen atoms in total. The van der Waals surface area contributed by atoms with Crippen LogP contribution in [0.3, 0.4) is 0 Å². The molecule has 2 amide bonds. The van der Waals surface area contributed by atoms with Gasteiger partial charge in [0.05, 0.1) is 5.38 Å². The first-order chi connectivity index (χ1) is 15.4. The molecule has 5 rings (SSSR count). The molecule has 2 aliphatic heterocycles. The number of aromatic nitrogens is 1. The monoisotopic (exact) mass is 457 g/mol. The summed E-state index contributed by atoms with van der Waals surface area (Å²) in [6, 6.07) is 6.01. The molecule has 3 aliphatic rings. The first kappa shape index (κ1) is 21.5. The van der Waals surface area contributed by atoms with Crippen molar-refractivity contribution in [3.8, 4) is 0 Å². The molecule has 0 bridgehead atoms. The zero-order valence-electron chi connectivity index (χ0n) is 18.1. The Morgan fingerprint density at radius 2 is 2.00 bits per heavy atom. The molecule has 2 saturated heterocycles. The molecule has 3 heterocycles. The topological polar surface area (TPSA) is 91.5 Å². The van der Waals surface area contributed by atoms with Gasteiger partial charge in [-0.3, -0.25) is 14.4 Å². The van der Waals surface area contributed by atoms with Crippen LogP contribution in [-0.4, -0.2) is 64.2 Å². The molecule has 4 atom stereocenters. The summed E-state index contributed by atoms with van der Waals surface area (Å²) >= 11 is 6.41. The quantitative estimate of drug-likeness (QED) is 0.690. The number of Topliss-reactive ketones (excluding diaryl/α,β-unsaturated/α-hetero) is 1. The molecule has 0 spiro atoms. The maximum Gasteiger partial charge on any atom is 0.251 e. The number of amides is 2. The highest BCUT2D eigenvalue weighted by molar-refractivity contribution is 6.22. The number of ketones is 1. The Kier molecular flexibility index (Phi) is 5.72. The molecule has 1 aliphatic carbocycles. The predicted octanol–water partition coefficient (Wildman–Crippen LogP) is 2.88. The lowest BCUT2D eigenvalue weighted by atomic mass is 9.78. The highest BCUT2D eigenvalue weighted by Crippen LogP contribution is 2.35. The van der Waals surface area contributed by atoms with E-state index in [9.17, 15) is 14.4 Å². The Labute approximate surface area is 191 Å². The van der Waals surface area contributed by atoms with E-state index in [1.54, 1.807) is 11.0 Å². The number of hydrogen-bond acceptors (Lipinski definition) is 4. The van der Waals surface area contributed by atoms with Gasteiger partial charge in [0.2, 0.25) is 5.91 Å². The van der Waals surface area contributed by atoms with Crippen LogP contribution in [0.2, 0.25) is 0 Å². The van der Waals surface area contributed by atoms with Crippen LogP contribution < -0.4 is 5.32 Å². The molecule has 170 valence electrons. The number of H-pyrrole nitrogens is 1. The number of ether oxygens (including phenoxy) is 1. The van der Waals surface area contributed by atoms with Crippen LogP contribution in [0.4, 0.5) is 0 Å². The van der Waals surface area contributed by atoms with Gasteiger partial charge in [-0.2, -0.15) is 0 Å². The van der Waals surface area contributed by atoms with Crippen molar-refractivity contribution in [2.45, 2.75) is 56.2 Å². The van der Waals surface area contributed by atoms with Gasteiger partial charge < -0.3 is 19.9 Å². The van der Waals surface area contributed by atoms with Crippen molar-refractivity contribution in [1.82, 2.24) is 15.2 Å². The first-order valence-electron chi connectivity index (χ1n) is 11.4. The summed E-state index contributed by atoms with van der Waals surface area (Å²) in [4.78, 5) is 44.0. The van der Waals surface area contributed by atoms with E-state index in [1.165, 1.54) is 0 Å². The second kappa shape index (κ2) is 8.52. The lowest BCUT2D eigenvalue weighted by Gasteiger charge is -2.35. The van der Waals surface area contributed by atoms with Crippen LogP contribution >= 0.6 is 11.6 Å². The predicted molar refractivity (Wildman–Crippen MR) is 121 cm³/mol. The van der Waals surface area contributed by atoms with Gasteiger partial charge in [-0.1, -0.05) is 19.8 Å². The minimum Gasteiger partial charge on any atom is -0.366 e. The summed E-state index contributed by atoms with van der Waals surface area (Å²) < 4.78 is 5.54. The smallest absolute Gasteiger partial charge is 0.251 e. The van der Waals surface area contributed by atoms with Gasteiger partial charge in [0.25, 0.3) is 5.91 Å². The average Bonchev–Trinajstić information content (AvgIpc) is 3.49. The Bertz CT molecular complexity index is 1040. The van der Waals surface area contributed by atoms with Gasteiger partial charge in [0.1, 0.15) is 24.8 Å². The van der Waals surface area contributed by atoms with Crippen LogP contribution in [0.15, 0.2) is 30.5 Å². The number of aromatic amines is 1. The van der Waals surface area contributed by atoms with E-state index in [0.29, 0.717) is 11.5 Å². The number of carbonyl (C=O) groups is 3. The molecule has 1 aromatic heterocycles. The molecule has 3 fully saturated rings. The fraction of sp³-hybridized carbons (Fsp3) is 0.542. The van der Waals surface area contributed by atoms with Gasteiger partial charge in [0.15, 0.2) is 5.78 Å². The summed E-state index contributed by atoms with van der Waals surface area (Å²) in [5.41, 5.74) is 1.46. The van der Waals surface area contributed by atoms with Crippen molar-refractivity contribution in [3.63, 3.8) is 0 Å². The summed E-state index contributed by atoms with van der Waals surface area (Å²) in [6.45, 7) is 2.46. The highest BCUT2D eigenvalue weighted by atomic mass is 35.5. The number of benzene rings is 1. The van der Waals surface area contributed by atoms with Crippen LogP contribution in [0.25, 0.3) is 10.9 Å². The molecule has 0 radical (unpaired) electrons. The van der Waals surface area contributed by atoms with E-state index in [0.717, 1.165) is 36.6 Å². The van der Waals surface area contributed by atoms with Gasteiger partial charge in [0, 0.05) is 29.2 Å². The normalized spacial score (nSPS) is 31.0. The lowest BCUT2D eigenvalue weighted by molar-refractivity contribution is -0.139. The van der Waals surface area contributed by atoms with Crippen molar-refractivity contribution in [2.24, 2.45) is 11.8 Å². The first-order valence-corrected chi connectivity index (χ1v) is 11.8. The minimum atomic E-state index is -0.687. The molecule has 8 heteroatoms. The third kappa shape index (κ3) is 3.82. The number of fused-ring (bicyclic) bond motifs is 2. The Morgan fingerprint density at radius 3 is 2.78 bits per heavy atom. The Hall–Kier alpha value is -2.38. The third-order valence-electron chi connectivity index (χ3n) is 7.31. The number of carbonyl (C=O) groups excluding carboxylic acids is 3. The van der Waals surface area contributed by atoms with Crippen LogP contribution in [0.5, 0.6) is 0 Å². The fourth-order valence-electron chi connectivity index (χ4n) is 5.42. The van der Waals surface area contributed by atoms with Crippen LogP contribution in [0, 0.1) is 11.8 Å². The Morgan fingerprint density at radius 1 is 1.22 bits per heavy atom. The van der Waals surface area contributed by atoms with Crippen LogP contribution in [-0.2, 0) is 14.3 Å². The van der Waals surface area contributed by atoms with E-state index in [1.807, 2.05) is 24.4 Å². The van der Waals surface area contributed by atoms with E-state index in [-0.39, 0.29) is 36.7 Å². The highest BCUT2D eigenvalue weighted by Gasteiger charge is 2.53. The summed E-state index contributed by atoms with van der Waals surface area (Å²) in [6.07, 6.45) is 5.13. The van der Waals surface area contributed by atoms with E-state index >= 15 is 0 Å². The summed E-state index contributed by atoms with van der Waals surface area (Å²) in [5, 5.41) is 3.54. The summed E-state index contributed by atoms with van der Waals surface area (Å²) in [5.74, 6) is 0.0207. The van der Waals surface area contributed by atoms with Gasteiger partial charge in [-0.25, -0.2) is 0 Å². The third-order valence-corrected chi connectivity index (χ3v) is 7.69. The largest absolute Gasteiger partial charge is 0.366 e. The number of likely N-dealkylation sites (tertiary alicyclic amines) is 1. The number of alkyl halides is 1. The van der Waals surface area contributed by atoms with Crippen molar-refractivity contribution in [2.75, 3.05) is 13.2 Å². The molecular formula is C24H28ClN3O4. The lowest BCUT2D eigenvalue weighted by Crippen LogP contribution is -2.55. The fourth-order valence-corrected chi connectivity index (χ4v) is 5.78. The number of nitrogens with one attached hydrogen (secondary N) is 2. The van der Waals surface area contributed by atoms with Crippen molar-refractivity contribution in [3.05, 3.63) is 36.0 Å². The van der Waals surface area contributed by atoms with Crippen molar-refractivity contribution >= 4 is 40.1 Å². The maximum absolute atomic E-state index is 13.7. The molecule has 32 heavy (non-hydrogen) atoms. The van der Waals surface area contributed by atoms with Crippen LogP contribution in [0.1, 0.15) is 43.0 Å². The zero-order valence-corrected chi connectivity index (χ0v) is 18.8. The number of hydrogen-bond donors (Lipinski definition) is 2. The molecule has 1 aromatic carbocycles. The van der Waals surface area contributed by atoms with Crippen molar-refractivity contribution in [1.29, 1.82) is 0 Å². The van der Waals surface area contributed by atoms with E-state index in [2.05, 4.69) is 17.2 Å². The minimum absolute atomic E-state index is 0.0169. The molecule has 2 aromatic rings. The van der Waals surface area contributed by atoms with E-state index in [4.69, 9.17) is 16.3 Å². The SMILES string of the molecule is CC1CCC(C(NC(=O)c2ccc3[nH]ccc3c2)C(=O)N2C[C@H](Cl)[C@H]3OCC(=O)[C@H]32)CC1. The van der Waals surface area contributed by atoms with Crippen molar-refractivity contribution < 1.29 is 19.1 Å². The average molecular weight is 458 g/mol.